The predicted octanol–water partition coefficient (Wildman–Crippen LogP) is 2.35. The van der Waals surface area contributed by atoms with Crippen molar-refractivity contribution in [2.24, 2.45) is 0 Å². The molecule has 3 rings (SSSR count). The van der Waals surface area contributed by atoms with Crippen LogP contribution in [0.15, 0.2) is 54.6 Å². The first-order valence-corrected chi connectivity index (χ1v) is 8.99. The maximum absolute atomic E-state index is 12.4. The second-order valence-electron chi connectivity index (χ2n) is 6.68. The Labute approximate surface area is 157 Å². The fraction of sp³-hybridized carbons (Fsp3) is 0.286. The van der Waals surface area contributed by atoms with Crippen LogP contribution in [0.1, 0.15) is 39.1 Å². The average molecular weight is 366 g/mol. The zero-order chi connectivity index (χ0) is 19.2. The number of carbonyl (C=O) groups is 3. The molecule has 2 aromatic rings. The summed E-state index contributed by atoms with van der Waals surface area (Å²) < 4.78 is 0. The van der Waals surface area contributed by atoms with Crippen LogP contribution in [0.2, 0.25) is 0 Å². The first-order chi connectivity index (χ1) is 13.0. The third kappa shape index (κ3) is 4.94. The summed E-state index contributed by atoms with van der Waals surface area (Å²) in [5.41, 5.74) is 1.52. The Morgan fingerprint density at radius 3 is 2.30 bits per heavy atom. The van der Waals surface area contributed by atoms with Crippen LogP contribution in [0.4, 0.5) is 0 Å². The summed E-state index contributed by atoms with van der Waals surface area (Å²) in [7, 11) is 0. The smallest absolute Gasteiger partial charge is 0.335 e. The number of likely N-dealkylation sites (tertiary alicyclic amines) is 1. The van der Waals surface area contributed by atoms with Gasteiger partial charge in [0.1, 0.15) is 0 Å². The lowest BCUT2D eigenvalue weighted by molar-refractivity contribution is -0.121. The molecule has 0 atom stereocenters. The van der Waals surface area contributed by atoms with E-state index in [1.54, 1.807) is 24.3 Å². The van der Waals surface area contributed by atoms with E-state index in [2.05, 4.69) is 5.32 Å². The van der Waals surface area contributed by atoms with E-state index >= 15 is 0 Å². The van der Waals surface area contributed by atoms with Crippen molar-refractivity contribution in [3.05, 3.63) is 71.3 Å². The van der Waals surface area contributed by atoms with Gasteiger partial charge in [-0.05, 0) is 42.7 Å². The number of amides is 2. The standard InChI is InChI=1S/C21H22N2O4/c24-19(14-15-5-4-8-17(13-15)21(26)27)22-18-9-11-23(12-10-18)20(25)16-6-2-1-3-7-16/h1-8,13,18H,9-12,14H2,(H,22,24)(H,26,27). The Kier molecular flexibility index (Phi) is 5.86. The van der Waals surface area contributed by atoms with Crippen molar-refractivity contribution in [1.82, 2.24) is 10.2 Å². The lowest BCUT2D eigenvalue weighted by atomic mass is 10.0. The summed E-state index contributed by atoms with van der Waals surface area (Å²) in [6, 6.07) is 15.6. The summed E-state index contributed by atoms with van der Waals surface area (Å²) in [6.45, 7) is 1.21. The SMILES string of the molecule is O=C(Cc1cccc(C(=O)O)c1)NC1CCN(C(=O)c2ccccc2)CC1. The molecule has 27 heavy (non-hydrogen) atoms. The van der Waals surface area contributed by atoms with Crippen LogP contribution in [0.5, 0.6) is 0 Å². The van der Waals surface area contributed by atoms with Crippen molar-refractivity contribution in [3.63, 3.8) is 0 Å². The van der Waals surface area contributed by atoms with E-state index in [-0.39, 0.29) is 29.8 Å². The number of piperidine rings is 1. The molecule has 2 N–H and O–H groups in total. The molecule has 1 saturated heterocycles. The molecule has 0 radical (unpaired) electrons. The van der Waals surface area contributed by atoms with Crippen LogP contribution < -0.4 is 5.32 Å². The summed E-state index contributed by atoms with van der Waals surface area (Å²) in [5, 5.41) is 12.0. The fourth-order valence-electron chi connectivity index (χ4n) is 3.27. The molecule has 0 unspecified atom stereocenters. The number of rotatable bonds is 5. The number of hydrogen-bond donors (Lipinski definition) is 2. The van der Waals surface area contributed by atoms with Crippen LogP contribution >= 0.6 is 0 Å². The van der Waals surface area contributed by atoms with Gasteiger partial charge >= 0.3 is 5.97 Å². The Morgan fingerprint density at radius 1 is 0.963 bits per heavy atom. The largest absolute Gasteiger partial charge is 0.478 e. The monoisotopic (exact) mass is 366 g/mol. The zero-order valence-electron chi connectivity index (χ0n) is 14.9. The van der Waals surface area contributed by atoms with Gasteiger partial charge in [0.25, 0.3) is 5.91 Å². The lowest BCUT2D eigenvalue weighted by Gasteiger charge is -2.32. The van der Waals surface area contributed by atoms with Gasteiger partial charge in [0, 0.05) is 24.7 Å². The molecular formula is C21H22N2O4. The van der Waals surface area contributed by atoms with Gasteiger partial charge in [-0.1, -0.05) is 30.3 Å². The highest BCUT2D eigenvalue weighted by Gasteiger charge is 2.24. The van der Waals surface area contributed by atoms with Crippen molar-refractivity contribution in [3.8, 4) is 0 Å². The highest BCUT2D eigenvalue weighted by atomic mass is 16.4. The Bertz CT molecular complexity index is 827. The number of carbonyl (C=O) groups excluding carboxylic acids is 2. The average Bonchev–Trinajstić information content (AvgIpc) is 2.69. The molecular weight excluding hydrogens is 344 g/mol. The molecule has 0 saturated carbocycles. The number of benzene rings is 2. The summed E-state index contributed by atoms with van der Waals surface area (Å²) >= 11 is 0. The molecule has 0 spiro atoms. The van der Waals surface area contributed by atoms with Gasteiger partial charge in [-0.25, -0.2) is 4.79 Å². The highest BCUT2D eigenvalue weighted by molar-refractivity contribution is 5.94. The van der Waals surface area contributed by atoms with Gasteiger partial charge < -0.3 is 15.3 Å². The Hall–Kier alpha value is -3.15. The number of nitrogens with one attached hydrogen (secondary N) is 1. The maximum Gasteiger partial charge on any atom is 0.335 e. The second-order valence-corrected chi connectivity index (χ2v) is 6.68. The molecule has 0 aliphatic carbocycles. The minimum Gasteiger partial charge on any atom is -0.478 e. The third-order valence-electron chi connectivity index (χ3n) is 4.71. The number of carboxylic acid groups (broad SMARTS) is 1. The first-order valence-electron chi connectivity index (χ1n) is 8.99. The lowest BCUT2D eigenvalue weighted by Crippen LogP contribution is -2.46. The van der Waals surface area contributed by atoms with Crippen molar-refractivity contribution >= 4 is 17.8 Å². The van der Waals surface area contributed by atoms with Crippen molar-refractivity contribution in [2.45, 2.75) is 25.3 Å². The van der Waals surface area contributed by atoms with E-state index in [9.17, 15) is 14.4 Å². The molecule has 2 aromatic carbocycles. The first kappa shape index (κ1) is 18.6. The minimum atomic E-state index is -1.01. The van der Waals surface area contributed by atoms with E-state index < -0.39 is 5.97 Å². The number of hydrogen-bond acceptors (Lipinski definition) is 3. The van der Waals surface area contributed by atoms with E-state index in [1.165, 1.54) is 12.1 Å². The van der Waals surface area contributed by atoms with Gasteiger partial charge in [0.05, 0.1) is 12.0 Å². The quantitative estimate of drug-likeness (QED) is 0.850. The van der Waals surface area contributed by atoms with Gasteiger partial charge in [-0.15, -0.1) is 0 Å². The zero-order valence-corrected chi connectivity index (χ0v) is 14.9. The van der Waals surface area contributed by atoms with Gasteiger partial charge in [-0.3, -0.25) is 9.59 Å². The van der Waals surface area contributed by atoms with E-state index in [0.717, 1.165) is 0 Å². The topological polar surface area (TPSA) is 86.7 Å². The fourth-order valence-corrected chi connectivity index (χ4v) is 3.27. The van der Waals surface area contributed by atoms with E-state index in [1.807, 2.05) is 23.1 Å². The molecule has 1 aliphatic heterocycles. The van der Waals surface area contributed by atoms with Gasteiger partial charge in [0.15, 0.2) is 0 Å². The number of nitrogens with zero attached hydrogens (tertiary/aromatic N) is 1. The molecule has 1 heterocycles. The molecule has 6 nitrogen and oxygen atoms in total. The normalized spacial score (nSPS) is 14.6. The van der Waals surface area contributed by atoms with Crippen LogP contribution in [-0.4, -0.2) is 46.9 Å². The molecule has 6 heteroatoms. The number of carboxylic acids is 1. The molecule has 2 amide bonds. The molecule has 1 aliphatic rings. The van der Waals surface area contributed by atoms with E-state index in [4.69, 9.17) is 5.11 Å². The second kappa shape index (κ2) is 8.49. The van der Waals surface area contributed by atoms with Crippen LogP contribution in [-0.2, 0) is 11.2 Å². The summed E-state index contributed by atoms with van der Waals surface area (Å²) in [6.07, 6.45) is 1.56. The van der Waals surface area contributed by atoms with E-state index in [0.29, 0.717) is 37.1 Å². The Balaban J connectivity index is 1.49. The minimum absolute atomic E-state index is 0.0193. The van der Waals surface area contributed by atoms with Crippen LogP contribution in [0, 0.1) is 0 Å². The molecule has 140 valence electrons. The van der Waals surface area contributed by atoms with Gasteiger partial charge in [-0.2, -0.15) is 0 Å². The highest BCUT2D eigenvalue weighted by Crippen LogP contribution is 2.14. The maximum atomic E-state index is 12.4. The Morgan fingerprint density at radius 2 is 1.63 bits per heavy atom. The van der Waals surface area contributed by atoms with Gasteiger partial charge in [0.2, 0.25) is 5.91 Å². The van der Waals surface area contributed by atoms with Crippen LogP contribution in [0.25, 0.3) is 0 Å². The van der Waals surface area contributed by atoms with Crippen molar-refractivity contribution in [1.29, 1.82) is 0 Å². The molecule has 0 bridgehead atoms. The number of aromatic carboxylic acids is 1. The molecule has 1 fully saturated rings. The molecule has 0 aromatic heterocycles. The van der Waals surface area contributed by atoms with Crippen molar-refractivity contribution < 1.29 is 19.5 Å². The summed E-state index contributed by atoms with van der Waals surface area (Å²) in [5.74, 6) is -1.12. The summed E-state index contributed by atoms with van der Waals surface area (Å²) in [4.78, 5) is 37.5. The predicted molar refractivity (Wildman–Crippen MR) is 101 cm³/mol. The van der Waals surface area contributed by atoms with Crippen LogP contribution in [0.3, 0.4) is 0 Å². The third-order valence-corrected chi connectivity index (χ3v) is 4.71. The van der Waals surface area contributed by atoms with Crippen molar-refractivity contribution in [2.75, 3.05) is 13.1 Å².